The molecule has 220 valence electrons. The topological polar surface area (TPSA) is 75.0 Å². The number of benzene rings is 2. The van der Waals surface area contributed by atoms with Crippen LogP contribution in [0.3, 0.4) is 0 Å². The highest BCUT2D eigenvalue weighted by molar-refractivity contribution is 5.81. The average molecular weight is 561 g/mol. The van der Waals surface area contributed by atoms with Crippen molar-refractivity contribution in [2.75, 3.05) is 7.11 Å². The number of unbranched alkanes of at least 4 members (excludes halogenated alkanes) is 3. The van der Waals surface area contributed by atoms with E-state index in [1.165, 1.54) is 19.3 Å². The molecular formula is C35H44O6. The van der Waals surface area contributed by atoms with E-state index in [1.54, 1.807) is 13.2 Å². The van der Waals surface area contributed by atoms with Crippen LogP contribution in [0.2, 0.25) is 0 Å². The fraction of sp³-hybridized carbons (Fsp3) is 0.543. The molecule has 0 bridgehead atoms. The summed E-state index contributed by atoms with van der Waals surface area (Å²) < 4.78 is 24.1. The van der Waals surface area contributed by atoms with Crippen LogP contribution in [0.1, 0.15) is 109 Å². The summed E-state index contributed by atoms with van der Waals surface area (Å²) in [6.45, 7) is 11.1. The third-order valence-corrected chi connectivity index (χ3v) is 9.24. The Labute approximate surface area is 243 Å². The van der Waals surface area contributed by atoms with Crippen LogP contribution in [0.5, 0.6) is 17.2 Å². The monoisotopic (exact) mass is 560 g/mol. The van der Waals surface area contributed by atoms with Crippen molar-refractivity contribution in [1.82, 2.24) is 0 Å². The van der Waals surface area contributed by atoms with Crippen LogP contribution in [0.4, 0.5) is 0 Å². The molecule has 2 atom stereocenters. The molecule has 1 saturated carbocycles. The second-order valence-electron chi connectivity index (χ2n) is 13.0. The molecule has 1 aliphatic heterocycles. The Bertz CT molecular complexity index is 1480. The van der Waals surface area contributed by atoms with Crippen LogP contribution in [-0.4, -0.2) is 18.5 Å². The highest BCUT2D eigenvalue weighted by atomic mass is 16.5. The van der Waals surface area contributed by atoms with Gasteiger partial charge in [-0.25, -0.2) is 4.79 Å². The van der Waals surface area contributed by atoms with Gasteiger partial charge in [-0.1, -0.05) is 46.5 Å². The number of ether oxygens (including phenoxy) is 3. The van der Waals surface area contributed by atoms with Gasteiger partial charge >= 0.3 is 5.63 Å². The van der Waals surface area contributed by atoms with Gasteiger partial charge in [-0.2, -0.15) is 0 Å². The summed E-state index contributed by atoms with van der Waals surface area (Å²) in [5.41, 5.74) is 2.11. The molecule has 0 amide bonds. The molecule has 41 heavy (non-hydrogen) atoms. The maximum atomic E-state index is 12.9. The number of methoxy groups -OCH3 is 1. The van der Waals surface area contributed by atoms with E-state index >= 15 is 0 Å². The Morgan fingerprint density at radius 1 is 1.05 bits per heavy atom. The van der Waals surface area contributed by atoms with E-state index in [4.69, 9.17) is 18.6 Å². The van der Waals surface area contributed by atoms with Crippen molar-refractivity contribution < 1.29 is 23.4 Å². The van der Waals surface area contributed by atoms with Crippen molar-refractivity contribution in [2.24, 2.45) is 5.92 Å². The van der Waals surface area contributed by atoms with Gasteiger partial charge in [-0.3, -0.25) is 4.79 Å². The zero-order valence-electron chi connectivity index (χ0n) is 25.4. The minimum Gasteiger partial charge on any atom is -0.497 e. The van der Waals surface area contributed by atoms with Crippen molar-refractivity contribution in [1.29, 1.82) is 0 Å². The normalized spacial score (nSPS) is 19.8. The number of carbonyl (C=O) groups excluding carboxylic acids is 1. The van der Waals surface area contributed by atoms with Crippen LogP contribution in [0, 0.1) is 5.92 Å². The molecule has 1 aromatic heterocycles. The van der Waals surface area contributed by atoms with Gasteiger partial charge in [0.1, 0.15) is 40.8 Å². The van der Waals surface area contributed by atoms with Gasteiger partial charge in [0.25, 0.3) is 0 Å². The largest absolute Gasteiger partial charge is 0.497 e. The molecule has 2 aromatic carbocycles. The molecule has 2 heterocycles. The molecule has 6 heteroatoms. The molecule has 0 spiro atoms. The maximum Gasteiger partial charge on any atom is 0.342 e. The summed E-state index contributed by atoms with van der Waals surface area (Å²) in [6.07, 6.45) is 7.75. The first-order chi connectivity index (χ1) is 19.5. The summed E-state index contributed by atoms with van der Waals surface area (Å²) in [6, 6.07) is 11.6. The average Bonchev–Trinajstić information content (AvgIpc) is 2.93. The molecule has 0 saturated heterocycles. The van der Waals surface area contributed by atoms with Gasteiger partial charge in [0.05, 0.1) is 12.7 Å². The summed E-state index contributed by atoms with van der Waals surface area (Å²) in [5.74, 6) is 2.65. The summed E-state index contributed by atoms with van der Waals surface area (Å²) in [4.78, 5) is 25.6. The van der Waals surface area contributed by atoms with E-state index in [0.29, 0.717) is 35.5 Å². The number of ketones is 1. The van der Waals surface area contributed by atoms with Gasteiger partial charge in [0.15, 0.2) is 0 Å². The summed E-state index contributed by atoms with van der Waals surface area (Å²) in [5, 5.41) is 0.802. The van der Waals surface area contributed by atoms with Gasteiger partial charge in [-0.15, -0.1) is 0 Å². The van der Waals surface area contributed by atoms with Gasteiger partial charge < -0.3 is 18.6 Å². The van der Waals surface area contributed by atoms with Crippen molar-refractivity contribution in [3.63, 3.8) is 0 Å². The molecule has 1 aliphatic carbocycles. The van der Waals surface area contributed by atoms with E-state index in [1.807, 2.05) is 18.2 Å². The Hall–Kier alpha value is -3.28. The second-order valence-corrected chi connectivity index (χ2v) is 13.0. The lowest BCUT2D eigenvalue weighted by Gasteiger charge is -2.47. The predicted molar refractivity (Wildman–Crippen MR) is 161 cm³/mol. The van der Waals surface area contributed by atoms with Crippen molar-refractivity contribution in [2.45, 2.75) is 110 Å². The molecule has 5 rings (SSSR count). The molecule has 2 aliphatic rings. The minimum absolute atomic E-state index is 0.0206. The zero-order chi connectivity index (χ0) is 29.4. The number of fused-ring (bicyclic) bond motifs is 4. The third-order valence-electron chi connectivity index (χ3n) is 9.24. The molecule has 6 nitrogen and oxygen atoms in total. The fourth-order valence-electron chi connectivity index (χ4n) is 6.72. The Balaban J connectivity index is 1.53. The molecule has 0 unspecified atom stereocenters. The van der Waals surface area contributed by atoms with E-state index in [2.05, 4.69) is 46.8 Å². The van der Waals surface area contributed by atoms with Gasteiger partial charge in [-0.05, 0) is 68.0 Å². The summed E-state index contributed by atoms with van der Waals surface area (Å²) in [7, 11) is 1.58. The fourth-order valence-corrected chi connectivity index (χ4v) is 6.72. The standard InChI is InChI=1S/C35H44O6/c1-7-8-9-10-15-34(2,3)24-17-30(32-27-19-25(36)12-14-28(27)35(4,5)41-31(32)18-24)39-21-23-16-22-11-13-26(38-6)20-29(22)40-33(23)37/h11,13,16-18,20,27-28H,7-10,12,14-15,19,21H2,1-6H3/t27-,28-/m1/s1. The van der Waals surface area contributed by atoms with E-state index in [0.717, 1.165) is 41.5 Å². The number of Topliss-reactive ketones (excluding diaryl/α,β-unsaturated/α-hetero) is 1. The van der Waals surface area contributed by atoms with Crippen LogP contribution >= 0.6 is 0 Å². The van der Waals surface area contributed by atoms with E-state index < -0.39 is 5.63 Å². The van der Waals surface area contributed by atoms with Crippen LogP contribution in [0.25, 0.3) is 11.0 Å². The Morgan fingerprint density at radius 3 is 2.61 bits per heavy atom. The first-order valence-corrected chi connectivity index (χ1v) is 15.1. The number of hydrogen-bond donors (Lipinski definition) is 0. The highest BCUT2D eigenvalue weighted by Crippen LogP contribution is 2.55. The molecule has 1 fully saturated rings. The lowest BCUT2D eigenvalue weighted by Crippen LogP contribution is -2.47. The number of rotatable bonds is 10. The lowest BCUT2D eigenvalue weighted by atomic mass is 9.66. The number of hydrogen-bond acceptors (Lipinski definition) is 6. The quantitative estimate of drug-likeness (QED) is 0.184. The molecule has 0 N–H and O–H groups in total. The molecule has 0 radical (unpaired) electrons. The van der Waals surface area contributed by atoms with Crippen molar-refractivity contribution in [3.05, 3.63) is 63.5 Å². The summed E-state index contributed by atoms with van der Waals surface area (Å²) >= 11 is 0. The first-order valence-electron chi connectivity index (χ1n) is 15.1. The maximum absolute atomic E-state index is 12.9. The van der Waals surface area contributed by atoms with Crippen molar-refractivity contribution in [3.8, 4) is 17.2 Å². The first kappa shape index (κ1) is 29.2. The predicted octanol–water partition coefficient (Wildman–Crippen LogP) is 8.25. The van der Waals surface area contributed by atoms with Gasteiger partial charge in [0.2, 0.25) is 0 Å². The highest BCUT2D eigenvalue weighted by Gasteiger charge is 2.48. The Morgan fingerprint density at radius 2 is 1.85 bits per heavy atom. The smallest absolute Gasteiger partial charge is 0.342 e. The van der Waals surface area contributed by atoms with Crippen molar-refractivity contribution >= 4 is 16.8 Å². The zero-order valence-corrected chi connectivity index (χ0v) is 25.4. The van der Waals surface area contributed by atoms with Crippen LogP contribution < -0.4 is 19.8 Å². The molecule has 3 aromatic rings. The second kappa shape index (κ2) is 11.5. The minimum atomic E-state index is -0.435. The van der Waals surface area contributed by atoms with E-state index in [-0.39, 0.29) is 35.2 Å². The SMILES string of the molecule is CCCCCCC(C)(C)c1cc(OCc2cc3ccc(OC)cc3oc2=O)c2c(c1)OC(C)(C)[C@@H]1CCC(=O)C[C@@H]21. The van der Waals surface area contributed by atoms with Crippen LogP contribution in [-0.2, 0) is 16.8 Å². The number of carbonyl (C=O) groups is 1. The third kappa shape index (κ3) is 6.02. The Kier molecular flexibility index (Phi) is 8.22. The lowest BCUT2D eigenvalue weighted by molar-refractivity contribution is -0.124. The van der Waals surface area contributed by atoms with Crippen LogP contribution in [0.15, 0.2) is 45.6 Å². The van der Waals surface area contributed by atoms with E-state index in [9.17, 15) is 9.59 Å². The molecular weight excluding hydrogens is 516 g/mol. The van der Waals surface area contributed by atoms with Gasteiger partial charge in [0, 0.05) is 41.7 Å².